The number of anilines is 2. The number of aryl methyl sites for hydroxylation is 1. The van der Waals surface area contributed by atoms with Crippen molar-refractivity contribution in [1.82, 2.24) is 14.9 Å². The molecule has 10 heteroatoms. The maximum atomic E-state index is 11.5. The number of benzene rings is 1. The molecule has 0 amide bonds. The highest BCUT2D eigenvalue weighted by molar-refractivity contribution is 7.17. The number of rotatable bonds is 7. The summed E-state index contributed by atoms with van der Waals surface area (Å²) in [6.45, 7) is 10.2. The predicted octanol–water partition coefficient (Wildman–Crippen LogP) is 6.88. The Morgan fingerprint density at radius 2 is 1.97 bits per heavy atom. The van der Waals surface area contributed by atoms with E-state index in [-0.39, 0.29) is 6.04 Å². The molecule has 3 aromatic rings. The fourth-order valence-corrected chi connectivity index (χ4v) is 8.09. The monoisotopic (exact) mass is 587 g/mol. The minimum Gasteiger partial charge on any atom is -0.481 e. The number of thiophene rings is 1. The van der Waals surface area contributed by atoms with E-state index in [1.54, 1.807) is 17.4 Å². The van der Waals surface area contributed by atoms with Crippen LogP contribution in [-0.2, 0) is 4.79 Å². The zero-order valence-corrected chi connectivity index (χ0v) is 24.9. The van der Waals surface area contributed by atoms with Crippen molar-refractivity contribution in [2.45, 2.75) is 58.5 Å². The molecule has 0 radical (unpaired) electrons. The standard InChI is InChI=1S/C29H35Cl2N5O2S/c1-16-15-39-26-24(16)25(32-17(2)22-7-6-20(30)9-23(22)31)33-28(34-26)36-13-19(14-36)18-5-4-8-35(12-18)21-10-29(3,11-21)27(37)38/h6-7,9,15,17-19,21H,4-5,8,10-14H2,1-3H3,(H,37,38)(H,32,33,34)/t17-,18+,21?,29?/m1/s1. The van der Waals surface area contributed by atoms with Gasteiger partial charge in [-0.3, -0.25) is 4.79 Å². The summed E-state index contributed by atoms with van der Waals surface area (Å²) in [5.41, 5.74) is 1.60. The van der Waals surface area contributed by atoms with E-state index in [1.165, 1.54) is 12.8 Å². The largest absolute Gasteiger partial charge is 0.481 e. The topological polar surface area (TPSA) is 81.6 Å². The number of carbonyl (C=O) groups is 1. The maximum Gasteiger partial charge on any atom is 0.309 e. The van der Waals surface area contributed by atoms with Crippen molar-refractivity contribution in [3.05, 3.63) is 44.8 Å². The van der Waals surface area contributed by atoms with E-state index in [1.807, 2.05) is 19.1 Å². The van der Waals surface area contributed by atoms with E-state index in [2.05, 4.69) is 34.3 Å². The molecule has 1 saturated carbocycles. The summed E-state index contributed by atoms with van der Waals surface area (Å²) in [6.07, 6.45) is 3.98. The Labute approximate surface area is 243 Å². The Bertz CT molecular complexity index is 1400. The van der Waals surface area contributed by atoms with Gasteiger partial charge in [-0.1, -0.05) is 29.3 Å². The van der Waals surface area contributed by atoms with Gasteiger partial charge in [0.2, 0.25) is 5.95 Å². The molecule has 208 valence electrons. The van der Waals surface area contributed by atoms with E-state index in [0.29, 0.717) is 27.9 Å². The molecular formula is C29H35Cl2N5O2S. The number of halogens is 2. The minimum atomic E-state index is -0.653. The van der Waals surface area contributed by atoms with Crippen LogP contribution in [0.5, 0.6) is 0 Å². The van der Waals surface area contributed by atoms with Gasteiger partial charge in [0.15, 0.2) is 0 Å². The molecular weight excluding hydrogens is 553 g/mol. The number of hydrogen-bond acceptors (Lipinski definition) is 7. The number of likely N-dealkylation sites (tertiary alicyclic amines) is 1. The molecule has 0 spiro atoms. The maximum absolute atomic E-state index is 11.5. The quantitative estimate of drug-likeness (QED) is 0.311. The Hall–Kier alpha value is -2.13. The molecule has 0 unspecified atom stereocenters. The van der Waals surface area contributed by atoms with Crippen molar-refractivity contribution in [3.63, 3.8) is 0 Å². The summed E-state index contributed by atoms with van der Waals surface area (Å²) in [6, 6.07) is 5.96. The van der Waals surface area contributed by atoms with Gasteiger partial charge in [0.25, 0.3) is 0 Å². The Kier molecular flexibility index (Phi) is 7.19. The van der Waals surface area contributed by atoms with E-state index < -0.39 is 11.4 Å². The van der Waals surface area contributed by atoms with Gasteiger partial charge in [-0.2, -0.15) is 4.98 Å². The van der Waals surface area contributed by atoms with Crippen molar-refractivity contribution < 1.29 is 9.90 Å². The van der Waals surface area contributed by atoms with Crippen LogP contribution in [0.3, 0.4) is 0 Å². The van der Waals surface area contributed by atoms with Crippen LogP contribution < -0.4 is 10.2 Å². The minimum absolute atomic E-state index is 0.0492. The lowest BCUT2D eigenvalue weighted by atomic mass is 9.65. The molecule has 6 rings (SSSR count). The summed E-state index contributed by atoms with van der Waals surface area (Å²) in [5, 5.41) is 17.6. The highest BCUT2D eigenvalue weighted by atomic mass is 35.5. The van der Waals surface area contributed by atoms with Crippen LogP contribution in [0.4, 0.5) is 11.8 Å². The first-order chi connectivity index (χ1) is 18.6. The van der Waals surface area contributed by atoms with E-state index in [4.69, 9.17) is 33.2 Å². The summed E-state index contributed by atoms with van der Waals surface area (Å²) in [5.74, 6) is 2.22. The summed E-state index contributed by atoms with van der Waals surface area (Å²) >= 11 is 14.3. The van der Waals surface area contributed by atoms with Gasteiger partial charge in [-0.25, -0.2) is 4.98 Å². The van der Waals surface area contributed by atoms with E-state index in [9.17, 15) is 9.90 Å². The van der Waals surface area contributed by atoms with Gasteiger partial charge < -0.3 is 20.2 Å². The van der Waals surface area contributed by atoms with Crippen molar-refractivity contribution in [3.8, 4) is 0 Å². The first-order valence-electron chi connectivity index (χ1n) is 13.8. The third-order valence-corrected chi connectivity index (χ3v) is 10.7. The van der Waals surface area contributed by atoms with Gasteiger partial charge in [0, 0.05) is 35.7 Å². The molecule has 3 fully saturated rings. The number of hydrogen-bond donors (Lipinski definition) is 2. The summed E-state index contributed by atoms with van der Waals surface area (Å²) in [4.78, 5) is 27.4. The molecule has 2 aromatic heterocycles. The molecule has 2 aliphatic heterocycles. The van der Waals surface area contributed by atoms with Crippen molar-refractivity contribution >= 4 is 62.5 Å². The SMILES string of the molecule is Cc1csc2nc(N3CC([C@H]4CCCN(C5CC(C)(C(=O)O)C5)C4)C3)nc(N[C@H](C)c3ccc(Cl)cc3Cl)c12. The second-order valence-corrected chi connectivity index (χ2v) is 13.7. The number of fused-ring (bicyclic) bond motifs is 1. The number of nitrogens with zero attached hydrogens (tertiary/aromatic N) is 4. The van der Waals surface area contributed by atoms with Crippen molar-refractivity contribution in [2.24, 2.45) is 17.3 Å². The van der Waals surface area contributed by atoms with Crippen molar-refractivity contribution in [2.75, 3.05) is 36.4 Å². The van der Waals surface area contributed by atoms with Crippen LogP contribution >= 0.6 is 34.5 Å². The fourth-order valence-electron chi connectivity index (χ4n) is 6.60. The normalized spacial score (nSPS) is 26.7. The van der Waals surface area contributed by atoms with Crippen molar-refractivity contribution in [1.29, 1.82) is 0 Å². The third kappa shape index (κ3) is 5.09. The van der Waals surface area contributed by atoms with Gasteiger partial charge >= 0.3 is 5.97 Å². The second kappa shape index (κ2) is 10.4. The molecule has 39 heavy (non-hydrogen) atoms. The third-order valence-electron chi connectivity index (χ3n) is 9.14. The molecule has 2 atom stereocenters. The zero-order valence-electron chi connectivity index (χ0n) is 22.6. The Balaban J connectivity index is 1.14. The first kappa shape index (κ1) is 27.1. The van der Waals surface area contributed by atoms with E-state index >= 15 is 0 Å². The number of aliphatic carboxylic acids is 1. The van der Waals surface area contributed by atoms with Crippen LogP contribution in [0, 0.1) is 24.2 Å². The smallest absolute Gasteiger partial charge is 0.309 e. The molecule has 7 nitrogen and oxygen atoms in total. The average molecular weight is 589 g/mol. The van der Waals surface area contributed by atoms with Crippen LogP contribution in [0.25, 0.3) is 10.2 Å². The summed E-state index contributed by atoms with van der Waals surface area (Å²) < 4.78 is 0. The Morgan fingerprint density at radius 3 is 2.69 bits per heavy atom. The number of carboxylic acid groups (broad SMARTS) is 1. The number of piperidine rings is 1. The number of nitrogens with one attached hydrogen (secondary N) is 1. The molecule has 4 heterocycles. The molecule has 1 aromatic carbocycles. The van der Waals surface area contributed by atoms with Gasteiger partial charge in [-0.15, -0.1) is 11.3 Å². The molecule has 1 aliphatic carbocycles. The van der Waals surface area contributed by atoms with Gasteiger partial charge in [0.05, 0.1) is 16.8 Å². The lowest BCUT2D eigenvalue weighted by Gasteiger charge is -2.52. The number of aromatic nitrogens is 2. The van der Waals surface area contributed by atoms with Crippen LogP contribution in [0.15, 0.2) is 23.6 Å². The molecule has 0 bridgehead atoms. The summed E-state index contributed by atoms with van der Waals surface area (Å²) in [7, 11) is 0. The van der Waals surface area contributed by atoms with Crippen LogP contribution in [0.2, 0.25) is 10.0 Å². The van der Waals surface area contributed by atoms with Crippen LogP contribution in [-0.4, -0.2) is 58.2 Å². The average Bonchev–Trinajstić information content (AvgIpc) is 3.22. The lowest BCUT2D eigenvalue weighted by molar-refractivity contribution is -0.158. The van der Waals surface area contributed by atoms with Gasteiger partial charge in [-0.05, 0) is 93.5 Å². The predicted molar refractivity (Wildman–Crippen MR) is 159 cm³/mol. The lowest BCUT2D eigenvalue weighted by Crippen LogP contribution is -2.58. The first-order valence-corrected chi connectivity index (χ1v) is 15.4. The molecule has 2 N–H and O–H groups in total. The zero-order chi connectivity index (χ0) is 27.5. The fraction of sp³-hybridized carbons (Fsp3) is 0.552. The Morgan fingerprint density at radius 1 is 1.21 bits per heavy atom. The highest BCUT2D eigenvalue weighted by Gasteiger charge is 2.49. The van der Waals surface area contributed by atoms with Gasteiger partial charge in [0.1, 0.15) is 10.6 Å². The molecule has 3 aliphatic rings. The molecule has 2 saturated heterocycles. The number of carboxylic acids is 1. The second-order valence-electron chi connectivity index (χ2n) is 12.0. The van der Waals surface area contributed by atoms with E-state index in [0.717, 1.165) is 72.1 Å². The highest BCUT2D eigenvalue weighted by Crippen LogP contribution is 2.45. The van der Waals surface area contributed by atoms with Crippen LogP contribution in [0.1, 0.15) is 56.7 Å².